The van der Waals surface area contributed by atoms with Crippen LogP contribution in [0.2, 0.25) is 5.02 Å². The number of nitrogens with two attached hydrogens (primary N) is 1. The standard InChI is InChI=1S/C16H14ClN3O.C3H7NO2S/c1-18-15-10-20(21)16(11-5-3-2-4-6-11)13-9-12(17)7-8-14(13)19-15;4-2(1-7)3(5)6/h2-9H,10H2,1H3,(H,18,19);2,7H,1,4H2,(H,5,6)/t;2-/m.0/s1. The third-order valence-corrected chi connectivity index (χ3v) is 4.49. The lowest BCUT2D eigenvalue weighted by atomic mass is 10.0. The minimum absolute atomic E-state index is 0.174. The van der Waals surface area contributed by atoms with Gasteiger partial charge < -0.3 is 21.4 Å². The number of hydrogen-bond acceptors (Lipinski definition) is 6. The molecule has 0 amide bonds. The van der Waals surface area contributed by atoms with Gasteiger partial charge in [0.2, 0.25) is 12.3 Å². The van der Waals surface area contributed by atoms with E-state index in [0.717, 1.165) is 21.6 Å². The fourth-order valence-electron chi connectivity index (χ4n) is 2.43. The molecule has 0 radical (unpaired) electrons. The van der Waals surface area contributed by atoms with Gasteiger partial charge in [-0.25, -0.2) is 4.99 Å². The summed E-state index contributed by atoms with van der Waals surface area (Å²) in [5.74, 6) is -0.190. The van der Waals surface area contributed by atoms with Crippen LogP contribution in [0.5, 0.6) is 0 Å². The van der Waals surface area contributed by atoms with Gasteiger partial charge in [0.25, 0.3) is 0 Å². The average Bonchev–Trinajstić information content (AvgIpc) is 2.83. The molecule has 0 fully saturated rings. The van der Waals surface area contributed by atoms with Gasteiger partial charge in [-0.2, -0.15) is 17.4 Å². The summed E-state index contributed by atoms with van der Waals surface area (Å²) in [6.45, 7) is 0.174. The number of nitrogens with one attached hydrogen (secondary N) is 1. The number of fused-ring (bicyclic) bond motifs is 1. The Kier molecular flexibility index (Phi) is 7.86. The Bertz CT molecular complexity index is 903. The van der Waals surface area contributed by atoms with Crippen molar-refractivity contribution in [1.29, 1.82) is 0 Å². The van der Waals surface area contributed by atoms with Gasteiger partial charge in [-0.1, -0.05) is 29.8 Å². The molecule has 0 spiro atoms. The molecule has 28 heavy (non-hydrogen) atoms. The molecule has 0 saturated heterocycles. The van der Waals surface area contributed by atoms with Crippen LogP contribution in [-0.4, -0.2) is 52.7 Å². The Morgan fingerprint density at radius 2 is 2.07 bits per heavy atom. The van der Waals surface area contributed by atoms with E-state index in [0.29, 0.717) is 16.6 Å². The molecule has 0 unspecified atom stereocenters. The molecule has 7 nitrogen and oxygen atoms in total. The first-order chi connectivity index (χ1) is 13.4. The third-order valence-electron chi connectivity index (χ3n) is 3.86. The number of benzene rings is 2. The van der Waals surface area contributed by atoms with Gasteiger partial charge in [0.05, 0.1) is 11.3 Å². The van der Waals surface area contributed by atoms with Crippen LogP contribution in [0.25, 0.3) is 0 Å². The highest BCUT2D eigenvalue weighted by Crippen LogP contribution is 2.28. The number of hydrogen-bond donors (Lipinski definition) is 4. The van der Waals surface area contributed by atoms with Gasteiger partial charge in [-0.05, 0) is 30.3 Å². The van der Waals surface area contributed by atoms with E-state index in [2.05, 4.69) is 22.9 Å². The van der Waals surface area contributed by atoms with Crippen molar-refractivity contribution in [3.05, 3.63) is 69.9 Å². The maximum absolute atomic E-state index is 12.6. The number of aliphatic carboxylic acids is 1. The zero-order valence-electron chi connectivity index (χ0n) is 15.2. The number of carbonyl (C=O) groups is 1. The summed E-state index contributed by atoms with van der Waals surface area (Å²) in [6.07, 6.45) is 0. The summed E-state index contributed by atoms with van der Waals surface area (Å²) in [6, 6.07) is 14.1. The number of hydroxylamine groups is 1. The monoisotopic (exact) mass is 420 g/mol. The number of carboxylic acids is 1. The Balaban J connectivity index is 0.000000345. The van der Waals surface area contributed by atoms with Crippen molar-refractivity contribution in [3.63, 3.8) is 0 Å². The van der Waals surface area contributed by atoms with E-state index in [4.69, 9.17) is 22.4 Å². The number of nitrogens with zero attached hydrogens (tertiary/aromatic N) is 2. The van der Waals surface area contributed by atoms with E-state index in [1.165, 1.54) is 0 Å². The average molecular weight is 421 g/mol. The number of carboxylic acid groups (broad SMARTS) is 1. The normalized spacial score (nSPS) is 14.1. The van der Waals surface area contributed by atoms with Crippen molar-refractivity contribution in [2.24, 2.45) is 10.7 Å². The molecule has 2 aromatic rings. The Morgan fingerprint density at radius 3 is 2.61 bits per heavy atom. The van der Waals surface area contributed by atoms with Crippen LogP contribution in [0.3, 0.4) is 0 Å². The highest BCUT2D eigenvalue weighted by Gasteiger charge is 2.24. The van der Waals surface area contributed by atoms with E-state index in [9.17, 15) is 10.0 Å². The van der Waals surface area contributed by atoms with Crippen molar-refractivity contribution in [2.75, 3.05) is 19.3 Å². The number of thiol groups is 1. The lowest BCUT2D eigenvalue weighted by Gasteiger charge is -2.10. The lowest BCUT2D eigenvalue weighted by Crippen LogP contribution is -2.31. The molecule has 1 heterocycles. The second-order valence-corrected chi connectivity index (χ2v) is 6.65. The quantitative estimate of drug-likeness (QED) is 0.345. The SMILES string of the molecule is CNC1=Nc2ccc(Cl)cc2C(c2ccccc2)=[N+]([O-])C1.N[C@@H](CS)C(=O)O. The minimum Gasteiger partial charge on any atom is -0.623 e. The molecule has 2 aromatic carbocycles. The molecule has 1 aliphatic rings. The van der Waals surface area contributed by atoms with Crippen molar-refractivity contribution in [2.45, 2.75) is 6.04 Å². The van der Waals surface area contributed by atoms with Gasteiger partial charge in [0.15, 0.2) is 5.84 Å². The summed E-state index contributed by atoms with van der Waals surface area (Å²) in [7, 11) is 1.76. The molecule has 3 rings (SSSR count). The van der Waals surface area contributed by atoms with Crippen molar-refractivity contribution in [1.82, 2.24) is 5.32 Å². The number of likely N-dealkylation sites (N-methyl/N-ethyl adjacent to an activating group) is 1. The smallest absolute Gasteiger partial charge is 0.321 e. The first-order valence-electron chi connectivity index (χ1n) is 8.39. The molecule has 0 aromatic heterocycles. The predicted molar refractivity (Wildman–Crippen MR) is 115 cm³/mol. The van der Waals surface area contributed by atoms with Crippen LogP contribution in [0.4, 0.5) is 5.69 Å². The van der Waals surface area contributed by atoms with E-state index < -0.39 is 12.0 Å². The van der Waals surface area contributed by atoms with Crippen LogP contribution in [0.1, 0.15) is 11.1 Å². The zero-order valence-corrected chi connectivity index (χ0v) is 16.8. The first-order valence-corrected chi connectivity index (χ1v) is 9.40. The second-order valence-electron chi connectivity index (χ2n) is 5.85. The van der Waals surface area contributed by atoms with E-state index in [1.54, 1.807) is 19.2 Å². The van der Waals surface area contributed by atoms with Gasteiger partial charge >= 0.3 is 5.97 Å². The topological polar surface area (TPSA) is 114 Å². The fourth-order valence-corrected chi connectivity index (χ4v) is 2.76. The highest BCUT2D eigenvalue weighted by atomic mass is 35.5. The number of halogens is 1. The van der Waals surface area contributed by atoms with Gasteiger partial charge in [0.1, 0.15) is 6.04 Å². The summed E-state index contributed by atoms with van der Waals surface area (Å²) in [5, 5.41) is 24.1. The maximum atomic E-state index is 12.6. The Labute approximate surface area is 173 Å². The number of aliphatic imine (C=N–C) groups is 1. The van der Waals surface area contributed by atoms with Crippen molar-refractivity contribution >= 4 is 47.4 Å². The lowest BCUT2D eigenvalue weighted by molar-refractivity contribution is -0.439. The summed E-state index contributed by atoms with van der Waals surface area (Å²) < 4.78 is 0.951. The Hall–Kier alpha value is -2.55. The summed E-state index contributed by atoms with van der Waals surface area (Å²) in [5.41, 5.74) is 7.86. The molecular formula is C19H21ClN4O3S. The molecule has 1 atom stereocenters. The third kappa shape index (κ3) is 5.48. The Morgan fingerprint density at radius 1 is 1.39 bits per heavy atom. The van der Waals surface area contributed by atoms with Crippen molar-refractivity contribution < 1.29 is 14.6 Å². The van der Waals surface area contributed by atoms with E-state index in [-0.39, 0.29) is 12.3 Å². The second kappa shape index (κ2) is 10.1. The minimum atomic E-state index is -1.00. The van der Waals surface area contributed by atoms with E-state index in [1.807, 2.05) is 36.4 Å². The van der Waals surface area contributed by atoms with Crippen LogP contribution in [-0.2, 0) is 4.79 Å². The molecule has 0 aliphatic carbocycles. The highest BCUT2D eigenvalue weighted by molar-refractivity contribution is 7.80. The van der Waals surface area contributed by atoms with Crippen LogP contribution in [0, 0.1) is 5.21 Å². The predicted octanol–water partition coefficient (Wildman–Crippen LogP) is 2.28. The molecular weight excluding hydrogens is 400 g/mol. The summed E-state index contributed by atoms with van der Waals surface area (Å²) in [4.78, 5) is 14.3. The zero-order chi connectivity index (χ0) is 20.7. The number of amidine groups is 1. The number of rotatable bonds is 3. The van der Waals surface area contributed by atoms with Gasteiger partial charge in [-0.3, -0.25) is 4.79 Å². The molecule has 148 valence electrons. The largest absolute Gasteiger partial charge is 0.623 e. The molecule has 0 saturated carbocycles. The van der Waals surface area contributed by atoms with Crippen LogP contribution < -0.4 is 11.1 Å². The van der Waals surface area contributed by atoms with Crippen molar-refractivity contribution in [3.8, 4) is 0 Å². The maximum Gasteiger partial charge on any atom is 0.321 e. The molecule has 9 heteroatoms. The van der Waals surface area contributed by atoms with Gasteiger partial charge in [0, 0.05) is 23.4 Å². The van der Waals surface area contributed by atoms with Gasteiger partial charge in [-0.15, -0.1) is 0 Å². The summed E-state index contributed by atoms with van der Waals surface area (Å²) >= 11 is 9.75. The first kappa shape index (κ1) is 21.7. The van der Waals surface area contributed by atoms with Crippen LogP contribution >= 0.6 is 24.2 Å². The molecule has 0 bridgehead atoms. The van der Waals surface area contributed by atoms with E-state index >= 15 is 0 Å². The molecule has 1 aliphatic heterocycles. The van der Waals surface area contributed by atoms with Crippen LogP contribution in [0.15, 0.2) is 53.5 Å². The molecule has 4 N–H and O–H groups in total. The fraction of sp³-hybridized carbons (Fsp3) is 0.211.